The van der Waals surface area contributed by atoms with Gasteiger partial charge >= 0.3 is 0 Å². The Hall–Kier alpha value is -1.94. The van der Waals surface area contributed by atoms with Gasteiger partial charge in [-0.1, -0.05) is 0 Å². The van der Waals surface area contributed by atoms with Crippen molar-refractivity contribution in [1.82, 2.24) is 0 Å². The Labute approximate surface area is 101 Å². The minimum Gasteiger partial charge on any atom is -0.321 e. The topological polar surface area (TPSA) is 29.1 Å². The van der Waals surface area contributed by atoms with Crippen molar-refractivity contribution >= 4 is 34.6 Å². The molecule has 0 unspecified atom stereocenters. The summed E-state index contributed by atoms with van der Waals surface area (Å²) < 4.78 is 13.2. The summed E-state index contributed by atoms with van der Waals surface area (Å²) in [5, 5.41) is 6.59. The summed E-state index contributed by atoms with van der Waals surface area (Å²) >= 11 is 1.56. The first-order valence-electron chi connectivity index (χ1n) is 5.09. The van der Waals surface area contributed by atoms with E-state index in [1.54, 1.807) is 23.5 Å². The monoisotopic (exact) mass is 245 g/mol. The van der Waals surface area contributed by atoms with Gasteiger partial charge in [-0.3, -0.25) is 4.79 Å². The minimum absolute atomic E-state index is 0.184. The van der Waals surface area contributed by atoms with E-state index in [1.165, 1.54) is 12.1 Å². The molecule has 1 amide bonds. The second-order valence-electron chi connectivity index (χ2n) is 3.76. The summed E-state index contributed by atoms with van der Waals surface area (Å²) in [6, 6.07) is 6.22. The van der Waals surface area contributed by atoms with E-state index in [1.807, 2.05) is 16.8 Å². The lowest BCUT2D eigenvalue weighted by atomic mass is 10.1. The third kappa shape index (κ3) is 1.76. The molecule has 0 aliphatic carbocycles. The Morgan fingerprint density at radius 1 is 1.29 bits per heavy atom. The number of fused-ring (bicyclic) bond motifs is 1. The number of hydrogen-bond acceptors (Lipinski definition) is 2. The second kappa shape index (κ2) is 3.82. The van der Waals surface area contributed by atoms with Crippen LogP contribution in [0.2, 0.25) is 0 Å². The lowest BCUT2D eigenvalue weighted by Crippen LogP contribution is -2.03. The Morgan fingerprint density at radius 2 is 2.18 bits per heavy atom. The number of anilines is 1. The lowest BCUT2D eigenvalue weighted by Gasteiger charge is -1.97. The summed E-state index contributed by atoms with van der Waals surface area (Å²) in [7, 11) is 0. The highest BCUT2D eigenvalue weighted by Gasteiger charge is 2.24. The SMILES string of the molecule is O=C1Nc2ccc(F)cc2C1=Cc1ccsc1. The average Bonchev–Trinajstić information content (AvgIpc) is 2.90. The van der Waals surface area contributed by atoms with Gasteiger partial charge in [-0.15, -0.1) is 0 Å². The van der Waals surface area contributed by atoms with Crippen LogP contribution in [0.1, 0.15) is 11.1 Å². The summed E-state index contributed by atoms with van der Waals surface area (Å²) in [5.41, 5.74) is 2.76. The normalized spacial score (nSPS) is 16.1. The average molecular weight is 245 g/mol. The van der Waals surface area contributed by atoms with E-state index in [0.29, 0.717) is 16.8 Å². The molecular weight excluding hydrogens is 237 g/mol. The molecule has 17 heavy (non-hydrogen) atoms. The minimum atomic E-state index is -0.337. The van der Waals surface area contributed by atoms with Crippen LogP contribution in [0, 0.1) is 5.82 Å². The van der Waals surface area contributed by atoms with Gasteiger partial charge in [0.05, 0.1) is 0 Å². The maximum atomic E-state index is 13.2. The summed E-state index contributed by atoms with van der Waals surface area (Å²) in [4.78, 5) is 11.8. The van der Waals surface area contributed by atoms with Crippen LogP contribution < -0.4 is 5.32 Å². The van der Waals surface area contributed by atoms with Crippen molar-refractivity contribution in [2.45, 2.75) is 0 Å². The van der Waals surface area contributed by atoms with Gasteiger partial charge in [-0.05, 0) is 46.7 Å². The van der Waals surface area contributed by atoms with Crippen molar-refractivity contribution < 1.29 is 9.18 Å². The van der Waals surface area contributed by atoms with Gasteiger partial charge in [0, 0.05) is 16.8 Å². The lowest BCUT2D eigenvalue weighted by molar-refractivity contribution is -0.110. The zero-order valence-corrected chi connectivity index (χ0v) is 9.55. The molecule has 0 saturated carbocycles. The third-order valence-electron chi connectivity index (χ3n) is 2.62. The number of halogens is 1. The molecule has 1 aromatic heterocycles. The summed E-state index contributed by atoms with van der Waals surface area (Å²) in [6.45, 7) is 0. The van der Waals surface area contributed by atoms with Crippen LogP contribution in [0.5, 0.6) is 0 Å². The molecule has 4 heteroatoms. The fourth-order valence-corrected chi connectivity index (χ4v) is 2.45. The van der Waals surface area contributed by atoms with Crippen molar-refractivity contribution in [3.05, 3.63) is 52.0 Å². The van der Waals surface area contributed by atoms with Crippen LogP contribution in [0.3, 0.4) is 0 Å². The molecule has 0 bridgehead atoms. The zero-order valence-electron chi connectivity index (χ0n) is 8.74. The number of amides is 1. The fourth-order valence-electron chi connectivity index (χ4n) is 1.83. The highest BCUT2D eigenvalue weighted by Crippen LogP contribution is 2.33. The quantitative estimate of drug-likeness (QED) is 0.767. The van der Waals surface area contributed by atoms with Gasteiger partial charge in [0.25, 0.3) is 5.91 Å². The Bertz CT molecular complexity index is 616. The number of carbonyl (C=O) groups is 1. The van der Waals surface area contributed by atoms with Crippen LogP contribution in [-0.4, -0.2) is 5.91 Å². The van der Waals surface area contributed by atoms with Crippen LogP contribution >= 0.6 is 11.3 Å². The highest BCUT2D eigenvalue weighted by molar-refractivity contribution is 7.08. The fraction of sp³-hybridized carbons (Fsp3) is 0. The van der Waals surface area contributed by atoms with Gasteiger partial charge in [-0.25, -0.2) is 4.39 Å². The zero-order chi connectivity index (χ0) is 11.8. The van der Waals surface area contributed by atoms with E-state index in [9.17, 15) is 9.18 Å². The molecule has 0 spiro atoms. The molecule has 1 aliphatic rings. The van der Waals surface area contributed by atoms with E-state index in [-0.39, 0.29) is 11.7 Å². The standard InChI is InChI=1S/C13H8FNOS/c14-9-1-2-12-10(6-9)11(13(16)15-12)5-8-3-4-17-7-8/h1-7H,(H,15,16). The molecule has 1 aliphatic heterocycles. The molecule has 1 aromatic carbocycles. The van der Waals surface area contributed by atoms with Crippen LogP contribution in [-0.2, 0) is 4.79 Å². The van der Waals surface area contributed by atoms with Crippen LogP contribution in [0.25, 0.3) is 11.6 Å². The van der Waals surface area contributed by atoms with E-state index in [2.05, 4.69) is 5.32 Å². The van der Waals surface area contributed by atoms with Crippen molar-refractivity contribution in [3.63, 3.8) is 0 Å². The number of nitrogens with one attached hydrogen (secondary N) is 1. The number of carbonyl (C=O) groups excluding carboxylic acids is 1. The first-order chi connectivity index (χ1) is 8.24. The molecule has 0 fully saturated rings. The highest BCUT2D eigenvalue weighted by atomic mass is 32.1. The second-order valence-corrected chi connectivity index (χ2v) is 4.54. The summed E-state index contributed by atoms with van der Waals surface area (Å²) in [6.07, 6.45) is 1.77. The maximum Gasteiger partial charge on any atom is 0.256 e. The predicted molar refractivity (Wildman–Crippen MR) is 67.2 cm³/mol. The Kier molecular flexibility index (Phi) is 2.30. The van der Waals surface area contributed by atoms with Gasteiger partial charge in [0.2, 0.25) is 0 Å². The summed E-state index contributed by atoms with van der Waals surface area (Å²) in [5.74, 6) is -0.520. The largest absolute Gasteiger partial charge is 0.321 e. The molecule has 0 atom stereocenters. The molecule has 1 N–H and O–H groups in total. The smallest absolute Gasteiger partial charge is 0.256 e. The molecule has 3 rings (SSSR count). The van der Waals surface area contributed by atoms with Gasteiger partial charge in [0.15, 0.2) is 0 Å². The number of rotatable bonds is 1. The van der Waals surface area contributed by atoms with Crippen LogP contribution in [0.4, 0.5) is 10.1 Å². The van der Waals surface area contributed by atoms with Crippen molar-refractivity contribution in [3.8, 4) is 0 Å². The number of hydrogen-bond donors (Lipinski definition) is 1. The molecule has 0 radical (unpaired) electrons. The first kappa shape index (κ1) is 10.2. The molecule has 0 saturated heterocycles. The van der Waals surface area contributed by atoms with Crippen LogP contribution in [0.15, 0.2) is 35.0 Å². The van der Waals surface area contributed by atoms with Crippen molar-refractivity contribution in [1.29, 1.82) is 0 Å². The third-order valence-corrected chi connectivity index (χ3v) is 3.32. The molecule has 2 nitrogen and oxygen atoms in total. The van der Waals surface area contributed by atoms with Gasteiger partial charge in [0.1, 0.15) is 5.82 Å². The van der Waals surface area contributed by atoms with Crippen molar-refractivity contribution in [2.75, 3.05) is 5.32 Å². The molecule has 2 heterocycles. The Balaban J connectivity index is 2.13. The number of benzene rings is 1. The molecule has 2 aromatic rings. The molecular formula is C13H8FNOS. The van der Waals surface area contributed by atoms with Gasteiger partial charge in [-0.2, -0.15) is 11.3 Å². The van der Waals surface area contributed by atoms with E-state index in [0.717, 1.165) is 5.56 Å². The maximum absolute atomic E-state index is 13.2. The van der Waals surface area contributed by atoms with Gasteiger partial charge < -0.3 is 5.32 Å². The van der Waals surface area contributed by atoms with E-state index >= 15 is 0 Å². The Morgan fingerprint density at radius 3 is 2.94 bits per heavy atom. The van der Waals surface area contributed by atoms with E-state index < -0.39 is 0 Å². The van der Waals surface area contributed by atoms with E-state index in [4.69, 9.17) is 0 Å². The predicted octanol–water partition coefficient (Wildman–Crippen LogP) is 3.38. The number of thiophene rings is 1. The first-order valence-corrected chi connectivity index (χ1v) is 6.03. The molecule has 84 valence electrons. The van der Waals surface area contributed by atoms with Crippen molar-refractivity contribution in [2.24, 2.45) is 0 Å².